The summed E-state index contributed by atoms with van der Waals surface area (Å²) >= 11 is 0. The van der Waals surface area contributed by atoms with E-state index in [0.29, 0.717) is 34.2 Å². The molecule has 0 bridgehead atoms. The van der Waals surface area contributed by atoms with E-state index in [1.54, 1.807) is 36.7 Å². The zero-order chi connectivity index (χ0) is 24.2. The maximum atomic E-state index is 13.0. The smallest absolute Gasteiger partial charge is 0.276 e. The molecule has 0 saturated heterocycles. The first-order chi connectivity index (χ1) is 17.1. The molecule has 1 amide bonds. The van der Waals surface area contributed by atoms with Crippen molar-refractivity contribution in [2.45, 2.75) is 37.8 Å². The highest BCUT2D eigenvalue weighted by molar-refractivity contribution is 6.03. The SMILES string of the molecule is N#Cc1ccc(Nc2cc(NC3CCC(N)CC3)nn3c(C(=O)Nc4ccncc4)cnc23)nc1. The number of carbonyl (C=O) groups excluding carboxylic acids is 1. The highest BCUT2D eigenvalue weighted by Crippen LogP contribution is 2.26. The number of carbonyl (C=O) groups is 1. The van der Waals surface area contributed by atoms with Crippen LogP contribution in [0.3, 0.4) is 0 Å². The number of nitriles is 1. The first-order valence-corrected chi connectivity index (χ1v) is 11.3. The van der Waals surface area contributed by atoms with E-state index in [1.807, 2.05) is 6.07 Å². The minimum absolute atomic E-state index is 0.234. The second kappa shape index (κ2) is 9.74. The predicted molar refractivity (Wildman–Crippen MR) is 131 cm³/mol. The van der Waals surface area contributed by atoms with Crippen LogP contribution in [0.15, 0.2) is 55.1 Å². The second-order valence-corrected chi connectivity index (χ2v) is 8.44. The van der Waals surface area contributed by atoms with Gasteiger partial charge in [0.15, 0.2) is 11.3 Å². The van der Waals surface area contributed by atoms with E-state index < -0.39 is 0 Å². The quantitative estimate of drug-likeness (QED) is 0.333. The minimum atomic E-state index is -0.348. The Labute approximate surface area is 201 Å². The molecule has 176 valence electrons. The van der Waals surface area contributed by atoms with Crippen LogP contribution in [0.2, 0.25) is 0 Å². The lowest BCUT2D eigenvalue weighted by molar-refractivity contribution is 0.102. The molecule has 4 aromatic rings. The van der Waals surface area contributed by atoms with Crippen LogP contribution >= 0.6 is 0 Å². The van der Waals surface area contributed by atoms with Gasteiger partial charge in [0.1, 0.15) is 17.7 Å². The molecule has 5 rings (SSSR count). The van der Waals surface area contributed by atoms with Crippen molar-refractivity contribution in [2.24, 2.45) is 5.73 Å². The molecule has 4 aromatic heterocycles. The number of rotatable bonds is 6. The van der Waals surface area contributed by atoms with Crippen LogP contribution in [-0.2, 0) is 0 Å². The highest BCUT2D eigenvalue weighted by Gasteiger charge is 2.21. The summed E-state index contributed by atoms with van der Waals surface area (Å²) in [5.74, 6) is 0.794. The topological polar surface area (TPSA) is 159 Å². The Hall–Kier alpha value is -4.56. The number of amides is 1. The van der Waals surface area contributed by atoms with Gasteiger partial charge >= 0.3 is 0 Å². The molecule has 5 N–H and O–H groups in total. The third kappa shape index (κ3) is 5.02. The molecule has 0 radical (unpaired) electrons. The molecule has 0 aliphatic heterocycles. The van der Waals surface area contributed by atoms with Crippen LogP contribution in [0.5, 0.6) is 0 Å². The van der Waals surface area contributed by atoms with Crippen molar-refractivity contribution in [2.75, 3.05) is 16.0 Å². The maximum Gasteiger partial charge on any atom is 0.276 e. The largest absolute Gasteiger partial charge is 0.366 e. The van der Waals surface area contributed by atoms with Gasteiger partial charge in [-0.15, -0.1) is 5.10 Å². The summed E-state index contributed by atoms with van der Waals surface area (Å²) < 4.78 is 1.51. The van der Waals surface area contributed by atoms with Crippen molar-refractivity contribution in [1.82, 2.24) is 24.6 Å². The van der Waals surface area contributed by atoms with Gasteiger partial charge in [-0.3, -0.25) is 9.78 Å². The Bertz CT molecular complexity index is 1370. The first kappa shape index (κ1) is 22.2. The summed E-state index contributed by atoms with van der Waals surface area (Å²) in [6.45, 7) is 0. The Balaban J connectivity index is 1.49. The van der Waals surface area contributed by atoms with E-state index in [9.17, 15) is 4.79 Å². The Morgan fingerprint density at radius 1 is 1.06 bits per heavy atom. The Kier molecular flexibility index (Phi) is 6.19. The summed E-state index contributed by atoms with van der Waals surface area (Å²) in [5, 5.41) is 23.3. The van der Waals surface area contributed by atoms with Crippen molar-refractivity contribution in [3.8, 4) is 6.07 Å². The molecule has 35 heavy (non-hydrogen) atoms. The molecule has 0 spiro atoms. The molecular weight excluding hydrogens is 444 g/mol. The van der Waals surface area contributed by atoms with Gasteiger partial charge in [-0.05, 0) is 49.9 Å². The van der Waals surface area contributed by atoms with Crippen molar-refractivity contribution < 1.29 is 4.79 Å². The van der Waals surface area contributed by atoms with Crippen LogP contribution in [0.1, 0.15) is 41.7 Å². The van der Waals surface area contributed by atoms with Crippen molar-refractivity contribution >= 4 is 34.6 Å². The number of nitrogens with one attached hydrogen (secondary N) is 3. The minimum Gasteiger partial charge on any atom is -0.366 e. The number of nitrogens with two attached hydrogens (primary N) is 1. The average molecular weight is 469 g/mol. The molecule has 1 aliphatic rings. The maximum absolute atomic E-state index is 13.0. The summed E-state index contributed by atoms with van der Waals surface area (Å²) in [4.78, 5) is 25.7. The molecule has 1 fully saturated rings. The third-order valence-electron chi connectivity index (χ3n) is 5.92. The van der Waals surface area contributed by atoms with E-state index >= 15 is 0 Å². The zero-order valence-corrected chi connectivity index (χ0v) is 18.8. The summed E-state index contributed by atoms with van der Waals surface area (Å²) in [6.07, 6.45) is 9.97. The standard InChI is InChI=1S/C24H24N10O/c25-12-15-1-6-21(28-13-15)32-19-11-22(30-17-4-2-16(26)3-5-17)33-34-20(14-29-23(19)34)24(35)31-18-7-9-27-10-8-18/h1,6-11,13-14,16-17H,2-5,26H2,(H,28,32)(H,30,33)(H,27,31,35). The van der Waals surface area contributed by atoms with Crippen molar-refractivity contribution in [1.29, 1.82) is 5.26 Å². The highest BCUT2D eigenvalue weighted by atomic mass is 16.2. The van der Waals surface area contributed by atoms with Gasteiger partial charge in [-0.1, -0.05) is 0 Å². The van der Waals surface area contributed by atoms with Crippen molar-refractivity contribution in [3.63, 3.8) is 0 Å². The van der Waals surface area contributed by atoms with E-state index in [-0.39, 0.29) is 23.7 Å². The lowest BCUT2D eigenvalue weighted by Gasteiger charge is -2.27. The van der Waals surface area contributed by atoms with E-state index in [2.05, 4.69) is 42.1 Å². The molecule has 1 aliphatic carbocycles. The number of imidazole rings is 1. The first-order valence-electron chi connectivity index (χ1n) is 11.3. The molecule has 11 nitrogen and oxygen atoms in total. The Morgan fingerprint density at radius 2 is 1.86 bits per heavy atom. The number of hydrogen-bond donors (Lipinski definition) is 4. The van der Waals surface area contributed by atoms with Crippen LogP contribution in [0.25, 0.3) is 5.65 Å². The molecule has 4 heterocycles. The molecule has 0 unspecified atom stereocenters. The van der Waals surface area contributed by atoms with Gasteiger partial charge in [-0.25, -0.2) is 14.5 Å². The lowest BCUT2D eigenvalue weighted by atomic mass is 9.92. The fourth-order valence-corrected chi connectivity index (χ4v) is 4.06. The molecule has 1 saturated carbocycles. The summed E-state index contributed by atoms with van der Waals surface area (Å²) in [6, 6.07) is 11.2. The molecular formula is C24H24N10O. The fraction of sp³-hybridized carbons (Fsp3) is 0.250. The van der Waals surface area contributed by atoms with E-state index in [1.165, 1.54) is 16.9 Å². The van der Waals surface area contributed by atoms with Gasteiger partial charge in [0.25, 0.3) is 5.91 Å². The van der Waals surface area contributed by atoms with Crippen LogP contribution in [0.4, 0.5) is 23.0 Å². The monoisotopic (exact) mass is 468 g/mol. The summed E-state index contributed by atoms with van der Waals surface area (Å²) in [7, 11) is 0. The molecule has 0 aromatic carbocycles. The van der Waals surface area contributed by atoms with E-state index in [0.717, 1.165) is 25.7 Å². The van der Waals surface area contributed by atoms with E-state index in [4.69, 9.17) is 11.0 Å². The fourth-order valence-electron chi connectivity index (χ4n) is 4.06. The van der Waals surface area contributed by atoms with Crippen molar-refractivity contribution in [3.05, 3.63) is 66.4 Å². The van der Waals surface area contributed by atoms with Gasteiger partial charge in [0.2, 0.25) is 0 Å². The second-order valence-electron chi connectivity index (χ2n) is 8.44. The number of anilines is 4. The number of aromatic nitrogens is 5. The lowest BCUT2D eigenvalue weighted by Crippen LogP contribution is -2.33. The molecule has 0 atom stereocenters. The third-order valence-corrected chi connectivity index (χ3v) is 5.92. The number of pyridine rings is 2. The number of nitrogens with zero attached hydrogens (tertiary/aromatic N) is 6. The van der Waals surface area contributed by atoms with Gasteiger partial charge in [0, 0.05) is 42.4 Å². The van der Waals surface area contributed by atoms with Gasteiger partial charge in [-0.2, -0.15) is 5.26 Å². The van der Waals surface area contributed by atoms with Gasteiger partial charge in [0.05, 0.1) is 17.4 Å². The molecule has 11 heteroatoms. The Morgan fingerprint density at radius 3 is 2.57 bits per heavy atom. The van der Waals surface area contributed by atoms with Crippen LogP contribution in [-0.4, -0.2) is 42.6 Å². The summed E-state index contributed by atoms with van der Waals surface area (Å²) in [5.41, 5.74) is 8.50. The van der Waals surface area contributed by atoms with Gasteiger partial charge < -0.3 is 21.7 Å². The normalized spacial score (nSPS) is 17.5. The average Bonchev–Trinajstić information content (AvgIpc) is 3.31. The predicted octanol–water partition coefficient (Wildman–Crippen LogP) is 3.07. The van der Waals surface area contributed by atoms with Crippen LogP contribution < -0.4 is 21.7 Å². The zero-order valence-electron chi connectivity index (χ0n) is 18.8. The number of fused-ring (bicyclic) bond motifs is 1. The number of hydrogen-bond acceptors (Lipinski definition) is 9. The van der Waals surface area contributed by atoms with Crippen LogP contribution in [0, 0.1) is 11.3 Å².